The molecular weight excluding hydrogens is 171 g/mol. The van der Waals surface area contributed by atoms with Crippen molar-refractivity contribution in [3.05, 3.63) is 47.3 Å². The summed E-state index contributed by atoms with van der Waals surface area (Å²) in [4.78, 5) is 2.54. The summed E-state index contributed by atoms with van der Waals surface area (Å²) < 4.78 is 0. The van der Waals surface area contributed by atoms with E-state index in [9.17, 15) is 0 Å². The summed E-state index contributed by atoms with van der Waals surface area (Å²) in [6, 6.07) is 15.6. The van der Waals surface area contributed by atoms with Gasteiger partial charge in [-0.25, -0.2) is 11.3 Å². The summed E-state index contributed by atoms with van der Waals surface area (Å²) in [6.07, 6.45) is 0. The Bertz CT molecular complexity index is 365. The molecule has 2 rings (SSSR count). The summed E-state index contributed by atoms with van der Waals surface area (Å²) in [7, 11) is 0. The number of hydrogen-bond acceptors (Lipinski definition) is 1. The Morgan fingerprint density at radius 2 is 1.85 bits per heavy atom. The Kier molecular flexibility index (Phi) is 3.81. The molecule has 0 unspecified atom stereocenters. The quantitative estimate of drug-likeness (QED) is 0.443. The molecule has 0 spiro atoms. The van der Waals surface area contributed by atoms with E-state index in [2.05, 4.69) is 37.3 Å². The predicted octanol–water partition coefficient (Wildman–Crippen LogP) is 0.528. The van der Waals surface area contributed by atoms with E-state index >= 15 is 0 Å². The Morgan fingerprint density at radius 3 is 2.38 bits per heavy atom. The minimum Gasteiger partial charge on any atom is -0.235 e. The van der Waals surface area contributed by atoms with Crippen molar-refractivity contribution in [2.75, 3.05) is 0 Å². The fourth-order valence-corrected chi connectivity index (χ4v) is 1.93. The van der Waals surface area contributed by atoms with E-state index in [4.69, 9.17) is 0 Å². The fourth-order valence-electron chi connectivity index (χ4n) is 1.12. The average molecular weight is 180 g/mol. The molecule has 0 saturated carbocycles. The van der Waals surface area contributed by atoms with Crippen LogP contribution in [-0.4, -0.2) is 0 Å². The first-order valence-corrected chi connectivity index (χ1v) is 4.71. The molecule has 1 aromatic carbocycles. The van der Waals surface area contributed by atoms with Gasteiger partial charge in [-0.05, 0) is 0 Å². The average Bonchev–Trinajstić information content (AvgIpc) is 2.54. The standard InChI is InChI=1S/C11H9S.Li/c1-9-7-8-11(12-9)10-5-3-2-4-6-10;/h2-7H,1H3;/q-1;+1. The molecule has 0 fully saturated rings. The molecule has 0 nitrogen and oxygen atoms in total. The van der Waals surface area contributed by atoms with Crippen molar-refractivity contribution < 1.29 is 18.9 Å². The maximum Gasteiger partial charge on any atom is 1.00 e. The van der Waals surface area contributed by atoms with Gasteiger partial charge in [0.2, 0.25) is 0 Å². The zero-order valence-corrected chi connectivity index (χ0v) is 8.69. The Morgan fingerprint density at radius 1 is 1.15 bits per heavy atom. The zero-order valence-electron chi connectivity index (χ0n) is 7.87. The number of thiophene rings is 1. The smallest absolute Gasteiger partial charge is 0.235 e. The molecule has 2 aromatic rings. The van der Waals surface area contributed by atoms with Gasteiger partial charge >= 0.3 is 18.9 Å². The first-order chi connectivity index (χ1) is 5.86. The SMILES string of the molecule is Cc1c[c-]c(-c2ccccc2)s1.[Li+]. The summed E-state index contributed by atoms with van der Waals surface area (Å²) in [5, 5.41) is 0. The molecule has 0 bridgehead atoms. The van der Waals surface area contributed by atoms with E-state index < -0.39 is 0 Å². The monoisotopic (exact) mass is 180 g/mol. The van der Waals surface area contributed by atoms with E-state index in [0.717, 1.165) is 0 Å². The molecule has 0 saturated heterocycles. The molecule has 13 heavy (non-hydrogen) atoms. The summed E-state index contributed by atoms with van der Waals surface area (Å²) in [5.41, 5.74) is 1.26. The van der Waals surface area contributed by atoms with Gasteiger partial charge in [-0.2, -0.15) is 12.1 Å². The van der Waals surface area contributed by atoms with Crippen molar-refractivity contribution in [3.8, 4) is 10.4 Å². The minimum atomic E-state index is 0. The van der Waals surface area contributed by atoms with E-state index in [1.54, 1.807) is 11.3 Å². The maximum atomic E-state index is 3.24. The normalized spacial score (nSPS) is 9.31. The van der Waals surface area contributed by atoms with Crippen LogP contribution in [0.2, 0.25) is 0 Å². The minimum absolute atomic E-state index is 0. The van der Waals surface area contributed by atoms with E-state index in [1.165, 1.54) is 15.3 Å². The van der Waals surface area contributed by atoms with Crippen molar-refractivity contribution in [2.45, 2.75) is 6.92 Å². The van der Waals surface area contributed by atoms with Crippen LogP contribution in [0.3, 0.4) is 0 Å². The topological polar surface area (TPSA) is 0 Å². The van der Waals surface area contributed by atoms with Gasteiger partial charge < -0.3 is 0 Å². The molecule has 0 aliphatic carbocycles. The van der Waals surface area contributed by atoms with Gasteiger partial charge in [-0.3, -0.25) is 0 Å². The van der Waals surface area contributed by atoms with Gasteiger partial charge in [0.25, 0.3) is 0 Å². The summed E-state index contributed by atoms with van der Waals surface area (Å²) in [6.45, 7) is 2.10. The van der Waals surface area contributed by atoms with Gasteiger partial charge in [-0.1, -0.05) is 34.9 Å². The molecule has 0 amide bonds. The molecule has 1 heterocycles. The van der Waals surface area contributed by atoms with Crippen LogP contribution < -0.4 is 18.9 Å². The molecule has 0 atom stereocenters. The molecule has 60 valence electrons. The second-order valence-electron chi connectivity index (χ2n) is 2.70. The second-order valence-corrected chi connectivity index (χ2v) is 3.95. The van der Waals surface area contributed by atoms with Crippen molar-refractivity contribution >= 4 is 11.3 Å². The molecule has 0 radical (unpaired) electrons. The van der Waals surface area contributed by atoms with Crippen LogP contribution in [0.5, 0.6) is 0 Å². The van der Waals surface area contributed by atoms with Crippen LogP contribution in [-0.2, 0) is 0 Å². The van der Waals surface area contributed by atoms with Crippen LogP contribution in [0.4, 0.5) is 0 Å². The van der Waals surface area contributed by atoms with Crippen molar-refractivity contribution in [1.82, 2.24) is 0 Å². The number of hydrogen-bond donors (Lipinski definition) is 0. The van der Waals surface area contributed by atoms with Crippen LogP contribution >= 0.6 is 11.3 Å². The first-order valence-electron chi connectivity index (χ1n) is 3.90. The van der Waals surface area contributed by atoms with Crippen molar-refractivity contribution in [2.24, 2.45) is 0 Å². The van der Waals surface area contributed by atoms with Gasteiger partial charge in [0.15, 0.2) is 0 Å². The van der Waals surface area contributed by atoms with Crippen LogP contribution in [0, 0.1) is 13.0 Å². The van der Waals surface area contributed by atoms with Gasteiger partial charge in [0.1, 0.15) is 0 Å². The Hall–Kier alpha value is -0.483. The largest absolute Gasteiger partial charge is 1.00 e. The van der Waals surface area contributed by atoms with Crippen LogP contribution in [0.1, 0.15) is 4.88 Å². The first kappa shape index (κ1) is 10.6. The van der Waals surface area contributed by atoms with E-state index in [1.807, 2.05) is 12.1 Å². The maximum absolute atomic E-state index is 3.24. The third kappa shape index (κ3) is 2.48. The Balaban J connectivity index is 0.000000845. The number of benzene rings is 1. The van der Waals surface area contributed by atoms with Gasteiger partial charge in [0.05, 0.1) is 0 Å². The fraction of sp³-hybridized carbons (Fsp3) is 0.0909. The third-order valence-electron chi connectivity index (χ3n) is 1.71. The van der Waals surface area contributed by atoms with Crippen molar-refractivity contribution in [1.29, 1.82) is 0 Å². The van der Waals surface area contributed by atoms with Crippen LogP contribution in [0.15, 0.2) is 36.4 Å². The third-order valence-corrected chi connectivity index (χ3v) is 2.70. The molecule has 0 aliphatic rings. The van der Waals surface area contributed by atoms with E-state index in [-0.39, 0.29) is 18.9 Å². The predicted molar refractivity (Wildman–Crippen MR) is 53.3 cm³/mol. The van der Waals surface area contributed by atoms with Crippen molar-refractivity contribution in [3.63, 3.8) is 0 Å². The van der Waals surface area contributed by atoms with Crippen LogP contribution in [0.25, 0.3) is 10.4 Å². The second kappa shape index (κ2) is 4.67. The number of rotatable bonds is 1. The molecule has 2 heteroatoms. The number of aryl methyl sites for hydroxylation is 1. The van der Waals surface area contributed by atoms with Gasteiger partial charge in [-0.15, -0.1) is 17.7 Å². The molecule has 1 aromatic heterocycles. The summed E-state index contributed by atoms with van der Waals surface area (Å²) in [5.74, 6) is 0. The molecule has 0 aliphatic heterocycles. The molecular formula is C11H9LiS. The Labute approximate surface area is 94.8 Å². The zero-order chi connectivity index (χ0) is 8.39. The summed E-state index contributed by atoms with van der Waals surface area (Å²) >= 11 is 1.79. The van der Waals surface area contributed by atoms with Gasteiger partial charge in [0, 0.05) is 0 Å². The van der Waals surface area contributed by atoms with E-state index in [0.29, 0.717) is 0 Å². The molecule has 0 N–H and O–H groups in total.